The van der Waals surface area contributed by atoms with Crippen LogP contribution in [-0.4, -0.2) is 32.8 Å². The van der Waals surface area contributed by atoms with Crippen molar-refractivity contribution >= 4 is 23.6 Å². The minimum Gasteiger partial charge on any atom is -0.323 e. The number of nitrogens with one attached hydrogen (secondary N) is 1. The molecule has 0 atom stereocenters. The van der Waals surface area contributed by atoms with E-state index in [1.165, 1.54) is 11.6 Å². The highest BCUT2D eigenvalue weighted by Crippen LogP contribution is 2.10. The number of aromatic nitrogens is 4. The van der Waals surface area contributed by atoms with Crippen LogP contribution in [0, 0.1) is 6.92 Å². The molecule has 0 radical (unpaired) electrons. The molecule has 0 bridgehead atoms. The van der Waals surface area contributed by atoms with E-state index in [-0.39, 0.29) is 23.7 Å². The number of nitrogens with zero attached hydrogens (tertiary/aromatic N) is 4. The SMILES string of the molecule is CCCn1c(C)nc2c1c(=O)n(C)c(=O)n2C.CNC.Cl. The second-order valence-electron chi connectivity index (χ2n) is 4.69. The minimum atomic E-state index is -0.344. The summed E-state index contributed by atoms with van der Waals surface area (Å²) >= 11 is 0. The molecule has 8 heteroatoms. The molecule has 1 N–H and O–H groups in total. The molecule has 0 saturated heterocycles. The third-order valence-electron chi connectivity index (χ3n) is 2.99. The van der Waals surface area contributed by atoms with Crippen molar-refractivity contribution in [1.29, 1.82) is 0 Å². The standard InChI is InChI=1S/C11H16N4O2.C2H7N.ClH/c1-5-6-15-7(2)12-9-8(15)10(16)14(4)11(17)13(9)3;1-3-2;/h5-6H2,1-4H3;3H,1-2H3;1H. The summed E-state index contributed by atoms with van der Waals surface area (Å²) in [5, 5.41) is 2.75. The molecule has 2 rings (SSSR count). The lowest BCUT2D eigenvalue weighted by Gasteiger charge is -2.06. The fourth-order valence-electron chi connectivity index (χ4n) is 2.05. The van der Waals surface area contributed by atoms with Crippen LogP contribution in [0.2, 0.25) is 0 Å². The van der Waals surface area contributed by atoms with Gasteiger partial charge < -0.3 is 9.88 Å². The molecule has 0 unspecified atom stereocenters. The summed E-state index contributed by atoms with van der Waals surface area (Å²) in [6, 6.07) is 0. The van der Waals surface area contributed by atoms with Crippen LogP contribution < -0.4 is 16.6 Å². The number of fused-ring (bicyclic) bond motifs is 1. The molecule has 2 aromatic rings. The molecule has 0 aliphatic heterocycles. The second kappa shape index (κ2) is 7.99. The van der Waals surface area contributed by atoms with Crippen LogP contribution in [0.25, 0.3) is 11.2 Å². The Labute approximate surface area is 130 Å². The number of aryl methyl sites for hydroxylation is 3. The van der Waals surface area contributed by atoms with E-state index in [0.29, 0.717) is 11.2 Å². The van der Waals surface area contributed by atoms with E-state index in [2.05, 4.69) is 10.3 Å². The Kier molecular flexibility index (Phi) is 7.38. The zero-order valence-corrected chi connectivity index (χ0v) is 14.2. The quantitative estimate of drug-likeness (QED) is 0.870. The highest BCUT2D eigenvalue weighted by Gasteiger charge is 2.16. The van der Waals surface area contributed by atoms with Gasteiger partial charge in [-0.05, 0) is 27.4 Å². The third kappa shape index (κ3) is 3.54. The molecule has 2 heterocycles. The van der Waals surface area contributed by atoms with Crippen molar-refractivity contribution in [3.63, 3.8) is 0 Å². The number of hydrogen-bond acceptors (Lipinski definition) is 4. The van der Waals surface area contributed by atoms with E-state index < -0.39 is 0 Å². The monoisotopic (exact) mass is 317 g/mol. The van der Waals surface area contributed by atoms with Crippen LogP contribution in [0.4, 0.5) is 0 Å². The Bertz CT molecular complexity index is 714. The summed E-state index contributed by atoms with van der Waals surface area (Å²) in [7, 11) is 6.87. The number of hydrogen-bond donors (Lipinski definition) is 1. The van der Waals surface area contributed by atoms with Gasteiger partial charge in [0.25, 0.3) is 5.56 Å². The minimum absolute atomic E-state index is 0. The van der Waals surface area contributed by atoms with Crippen LogP contribution in [0.15, 0.2) is 9.59 Å². The van der Waals surface area contributed by atoms with E-state index in [0.717, 1.165) is 23.4 Å². The van der Waals surface area contributed by atoms with Gasteiger partial charge in [-0.15, -0.1) is 12.4 Å². The van der Waals surface area contributed by atoms with Crippen molar-refractivity contribution in [3.05, 3.63) is 26.7 Å². The summed E-state index contributed by atoms with van der Waals surface area (Å²) in [6.45, 7) is 4.62. The fraction of sp³-hybridized carbons (Fsp3) is 0.615. The topological polar surface area (TPSA) is 73.8 Å². The first-order valence-corrected chi connectivity index (χ1v) is 6.61. The van der Waals surface area contributed by atoms with Crippen LogP contribution in [0.5, 0.6) is 0 Å². The first kappa shape index (κ1) is 19.4. The normalized spacial score (nSPS) is 10.0. The Morgan fingerprint density at radius 1 is 1.14 bits per heavy atom. The van der Waals surface area contributed by atoms with Gasteiger partial charge >= 0.3 is 5.69 Å². The first-order chi connectivity index (χ1) is 9.40. The zero-order chi connectivity index (χ0) is 15.4. The molecule has 0 amide bonds. The summed E-state index contributed by atoms with van der Waals surface area (Å²) in [4.78, 5) is 28.2. The van der Waals surface area contributed by atoms with E-state index in [9.17, 15) is 9.59 Å². The number of rotatable bonds is 2. The summed E-state index contributed by atoms with van der Waals surface area (Å²) in [5.74, 6) is 0.764. The van der Waals surface area contributed by atoms with E-state index in [1.807, 2.05) is 32.5 Å². The maximum Gasteiger partial charge on any atom is 0.332 e. The Balaban J connectivity index is 0.000000922. The molecule has 0 spiro atoms. The summed E-state index contributed by atoms with van der Waals surface area (Å²) in [6.07, 6.45) is 0.915. The van der Waals surface area contributed by atoms with E-state index in [4.69, 9.17) is 0 Å². The van der Waals surface area contributed by atoms with Gasteiger partial charge in [-0.2, -0.15) is 0 Å². The molecule has 0 saturated carbocycles. The fourth-order valence-corrected chi connectivity index (χ4v) is 2.05. The highest BCUT2D eigenvalue weighted by atomic mass is 35.5. The van der Waals surface area contributed by atoms with Crippen LogP contribution in [-0.2, 0) is 20.6 Å². The van der Waals surface area contributed by atoms with Gasteiger partial charge in [0.05, 0.1) is 0 Å². The van der Waals surface area contributed by atoms with Gasteiger partial charge in [-0.1, -0.05) is 6.92 Å². The zero-order valence-electron chi connectivity index (χ0n) is 13.4. The van der Waals surface area contributed by atoms with Gasteiger partial charge in [0.2, 0.25) is 0 Å². The summed E-state index contributed by atoms with van der Waals surface area (Å²) in [5.41, 5.74) is 0.346. The highest BCUT2D eigenvalue weighted by molar-refractivity contribution is 5.85. The van der Waals surface area contributed by atoms with Crippen molar-refractivity contribution < 1.29 is 0 Å². The molecule has 0 aromatic carbocycles. The maximum absolute atomic E-state index is 12.1. The molecular formula is C13H24ClN5O2. The molecule has 0 aliphatic carbocycles. The Morgan fingerprint density at radius 2 is 1.67 bits per heavy atom. The Hall–Kier alpha value is -1.60. The molecule has 120 valence electrons. The molecular weight excluding hydrogens is 294 g/mol. The first-order valence-electron chi connectivity index (χ1n) is 6.61. The van der Waals surface area contributed by atoms with Crippen molar-refractivity contribution in [2.45, 2.75) is 26.8 Å². The lowest BCUT2D eigenvalue weighted by Crippen LogP contribution is -2.37. The van der Waals surface area contributed by atoms with Crippen molar-refractivity contribution in [3.8, 4) is 0 Å². The van der Waals surface area contributed by atoms with Crippen molar-refractivity contribution in [2.75, 3.05) is 14.1 Å². The third-order valence-corrected chi connectivity index (χ3v) is 2.99. The van der Waals surface area contributed by atoms with Gasteiger partial charge in [0.15, 0.2) is 11.2 Å². The predicted molar refractivity (Wildman–Crippen MR) is 87.5 cm³/mol. The van der Waals surface area contributed by atoms with Gasteiger partial charge in [0.1, 0.15) is 5.82 Å². The molecule has 0 aliphatic rings. The van der Waals surface area contributed by atoms with Gasteiger partial charge in [-0.25, -0.2) is 9.78 Å². The molecule has 2 aromatic heterocycles. The van der Waals surface area contributed by atoms with Crippen LogP contribution in [0.1, 0.15) is 19.2 Å². The predicted octanol–water partition coefficient (Wildman–Crippen LogP) is 0.410. The van der Waals surface area contributed by atoms with Crippen molar-refractivity contribution in [2.24, 2.45) is 14.1 Å². The van der Waals surface area contributed by atoms with Crippen LogP contribution in [0.3, 0.4) is 0 Å². The Morgan fingerprint density at radius 3 is 2.14 bits per heavy atom. The molecule has 7 nitrogen and oxygen atoms in total. The summed E-state index contributed by atoms with van der Waals surface area (Å²) < 4.78 is 4.41. The van der Waals surface area contributed by atoms with E-state index in [1.54, 1.807) is 7.05 Å². The van der Waals surface area contributed by atoms with Crippen molar-refractivity contribution in [1.82, 2.24) is 24.0 Å². The van der Waals surface area contributed by atoms with E-state index >= 15 is 0 Å². The van der Waals surface area contributed by atoms with Gasteiger partial charge in [-0.3, -0.25) is 13.9 Å². The number of halogens is 1. The second-order valence-corrected chi connectivity index (χ2v) is 4.69. The van der Waals surface area contributed by atoms with Crippen LogP contribution >= 0.6 is 12.4 Å². The average Bonchev–Trinajstić information content (AvgIpc) is 2.73. The lowest BCUT2D eigenvalue weighted by molar-refractivity contribution is 0.663. The number of imidazole rings is 1. The maximum atomic E-state index is 12.1. The smallest absolute Gasteiger partial charge is 0.323 e. The lowest BCUT2D eigenvalue weighted by atomic mass is 10.4. The molecule has 0 fully saturated rings. The van der Waals surface area contributed by atoms with Gasteiger partial charge in [0, 0.05) is 20.6 Å². The molecule has 21 heavy (non-hydrogen) atoms. The largest absolute Gasteiger partial charge is 0.332 e. The average molecular weight is 318 g/mol.